The highest BCUT2D eigenvalue weighted by atomic mass is 16.5. The van der Waals surface area contributed by atoms with Gasteiger partial charge in [0.25, 0.3) is 5.91 Å². The van der Waals surface area contributed by atoms with Gasteiger partial charge in [0.1, 0.15) is 0 Å². The summed E-state index contributed by atoms with van der Waals surface area (Å²) in [4.78, 5) is 25.7. The van der Waals surface area contributed by atoms with Crippen LogP contribution in [0.5, 0.6) is 11.5 Å². The molecule has 0 spiro atoms. The van der Waals surface area contributed by atoms with Crippen molar-refractivity contribution in [2.75, 3.05) is 25.7 Å². The van der Waals surface area contributed by atoms with Gasteiger partial charge in [-0.25, -0.2) is 5.43 Å². The van der Waals surface area contributed by atoms with Gasteiger partial charge in [-0.1, -0.05) is 0 Å². The molecule has 7 nitrogen and oxygen atoms in total. The summed E-state index contributed by atoms with van der Waals surface area (Å²) in [7, 11) is 3.12. The van der Waals surface area contributed by atoms with E-state index in [1.807, 2.05) is 0 Å². The summed E-state index contributed by atoms with van der Waals surface area (Å²) in [5, 5.41) is 3.98. The summed E-state index contributed by atoms with van der Waals surface area (Å²) in [5.41, 5.74) is 4.52. The standard InChI is InChI=1S/C20H21N3O4/c1-26-17-10-5-14(12-18(17)27-2)13-21-22-20(25)15-6-8-16(9-7-15)23-11-3-4-19(23)24/h5-10,12-13H,3-4,11H2,1-2H3,(H,22,25). The number of amides is 2. The maximum absolute atomic E-state index is 12.2. The third-order valence-electron chi connectivity index (χ3n) is 4.30. The number of hydrogen-bond acceptors (Lipinski definition) is 5. The number of carbonyl (C=O) groups excluding carboxylic acids is 2. The zero-order valence-corrected chi connectivity index (χ0v) is 15.3. The van der Waals surface area contributed by atoms with Crippen LogP contribution in [0.2, 0.25) is 0 Å². The molecule has 1 saturated heterocycles. The Labute approximate surface area is 157 Å². The van der Waals surface area contributed by atoms with Crippen LogP contribution in [0.1, 0.15) is 28.8 Å². The number of carbonyl (C=O) groups is 2. The van der Waals surface area contributed by atoms with Crippen molar-refractivity contribution in [2.45, 2.75) is 12.8 Å². The number of rotatable bonds is 6. The van der Waals surface area contributed by atoms with Gasteiger partial charge in [-0.2, -0.15) is 5.10 Å². The fourth-order valence-corrected chi connectivity index (χ4v) is 2.88. The van der Waals surface area contributed by atoms with Crippen LogP contribution in [-0.4, -0.2) is 38.8 Å². The number of ether oxygens (including phenoxy) is 2. The fourth-order valence-electron chi connectivity index (χ4n) is 2.88. The third kappa shape index (κ3) is 4.25. The minimum Gasteiger partial charge on any atom is -0.493 e. The van der Waals surface area contributed by atoms with Crippen LogP contribution >= 0.6 is 0 Å². The van der Waals surface area contributed by atoms with Gasteiger partial charge in [0.2, 0.25) is 5.91 Å². The van der Waals surface area contributed by atoms with Crippen molar-refractivity contribution in [1.82, 2.24) is 5.43 Å². The van der Waals surface area contributed by atoms with Crippen LogP contribution in [0.25, 0.3) is 0 Å². The second kappa shape index (κ2) is 8.35. The van der Waals surface area contributed by atoms with E-state index in [2.05, 4.69) is 10.5 Å². The molecule has 7 heteroatoms. The predicted molar refractivity (Wildman–Crippen MR) is 103 cm³/mol. The molecule has 1 aliphatic rings. The van der Waals surface area contributed by atoms with Gasteiger partial charge in [0.15, 0.2) is 11.5 Å². The summed E-state index contributed by atoms with van der Waals surface area (Å²) in [5.74, 6) is 0.993. The molecule has 2 amide bonds. The van der Waals surface area contributed by atoms with Crippen LogP contribution in [0, 0.1) is 0 Å². The smallest absolute Gasteiger partial charge is 0.271 e. The second-order valence-corrected chi connectivity index (χ2v) is 6.01. The molecule has 2 aromatic rings. The first-order valence-electron chi connectivity index (χ1n) is 8.58. The molecule has 0 unspecified atom stereocenters. The molecule has 27 heavy (non-hydrogen) atoms. The summed E-state index contributed by atoms with van der Waals surface area (Å²) in [6, 6.07) is 12.2. The highest BCUT2D eigenvalue weighted by molar-refractivity contribution is 5.97. The van der Waals surface area contributed by atoms with Crippen molar-refractivity contribution < 1.29 is 19.1 Å². The minimum absolute atomic E-state index is 0.117. The van der Waals surface area contributed by atoms with E-state index >= 15 is 0 Å². The lowest BCUT2D eigenvalue weighted by atomic mass is 10.2. The average molecular weight is 367 g/mol. The molecule has 2 aromatic carbocycles. The van der Waals surface area contributed by atoms with E-state index in [1.165, 1.54) is 6.21 Å². The normalized spacial score (nSPS) is 13.9. The zero-order chi connectivity index (χ0) is 19.2. The molecule has 1 aliphatic heterocycles. The molecule has 3 rings (SSSR count). The molecule has 0 saturated carbocycles. The highest BCUT2D eigenvalue weighted by Gasteiger charge is 2.21. The van der Waals surface area contributed by atoms with Gasteiger partial charge < -0.3 is 14.4 Å². The summed E-state index contributed by atoms with van der Waals surface area (Å²) < 4.78 is 10.4. The van der Waals surface area contributed by atoms with E-state index in [4.69, 9.17) is 9.47 Å². The maximum atomic E-state index is 12.2. The first-order valence-corrected chi connectivity index (χ1v) is 8.58. The van der Waals surface area contributed by atoms with E-state index in [-0.39, 0.29) is 11.8 Å². The zero-order valence-electron chi connectivity index (χ0n) is 15.3. The molecular weight excluding hydrogens is 346 g/mol. The fraction of sp³-hybridized carbons (Fsp3) is 0.250. The number of nitrogens with one attached hydrogen (secondary N) is 1. The average Bonchev–Trinajstić information content (AvgIpc) is 3.13. The van der Waals surface area contributed by atoms with Crippen molar-refractivity contribution in [3.8, 4) is 11.5 Å². The summed E-state index contributed by atoms with van der Waals surface area (Å²) in [6.07, 6.45) is 2.97. The van der Waals surface area contributed by atoms with Gasteiger partial charge in [-0.3, -0.25) is 9.59 Å². The number of benzene rings is 2. The first-order chi connectivity index (χ1) is 13.1. The molecule has 0 bridgehead atoms. The predicted octanol–water partition coefficient (Wildman–Crippen LogP) is 2.59. The van der Waals surface area contributed by atoms with E-state index in [0.717, 1.165) is 24.2 Å². The monoisotopic (exact) mass is 367 g/mol. The Kier molecular flexibility index (Phi) is 5.71. The van der Waals surface area contributed by atoms with Gasteiger partial charge >= 0.3 is 0 Å². The Morgan fingerprint density at radius 1 is 1.11 bits per heavy atom. The topological polar surface area (TPSA) is 80.2 Å². The highest BCUT2D eigenvalue weighted by Crippen LogP contribution is 2.26. The molecule has 140 valence electrons. The Balaban J connectivity index is 1.62. The van der Waals surface area contributed by atoms with Crippen molar-refractivity contribution in [1.29, 1.82) is 0 Å². The molecule has 1 heterocycles. The van der Waals surface area contributed by atoms with Crippen LogP contribution in [0.15, 0.2) is 47.6 Å². The lowest BCUT2D eigenvalue weighted by Gasteiger charge is -2.15. The molecule has 0 atom stereocenters. The van der Waals surface area contributed by atoms with E-state index in [9.17, 15) is 9.59 Å². The number of anilines is 1. The van der Waals surface area contributed by atoms with Crippen molar-refractivity contribution in [3.05, 3.63) is 53.6 Å². The molecule has 1 N–H and O–H groups in total. The first kappa shape index (κ1) is 18.4. The Morgan fingerprint density at radius 2 is 1.85 bits per heavy atom. The van der Waals surface area contributed by atoms with Crippen LogP contribution < -0.4 is 19.8 Å². The van der Waals surface area contributed by atoms with E-state index in [0.29, 0.717) is 23.5 Å². The van der Waals surface area contributed by atoms with Crippen LogP contribution in [0.3, 0.4) is 0 Å². The van der Waals surface area contributed by atoms with E-state index < -0.39 is 0 Å². The number of methoxy groups -OCH3 is 2. The molecule has 0 aromatic heterocycles. The van der Waals surface area contributed by atoms with Crippen molar-refractivity contribution in [3.63, 3.8) is 0 Å². The Bertz CT molecular complexity index is 862. The molecule has 0 aliphatic carbocycles. The maximum Gasteiger partial charge on any atom is 0.271 e. The van der Waals surface area contributed by atoms with Crippen LogP contribution in [-0.2, 0) is 4.79 Å². The number of nitrogens with zero attached hydrogens (tertiary/aromatic N) is 2. The molecular formula is C20H21N3O4. The van der Waals surface area contributed by atoms with Gasteiger partial charge in [0.05, 0.1) is 20.4 Å². The summed E-state index contributed by atoms with van der Waals surface area (Å²) >= 11 is 0. The van der Waals surface area contributed by atoms with Gasteiger partial charge in [-0.15, -0.1) is 0 Å². The number of hydrazone groups is 1. The lowest BCUT2D eigenvalue weighted by Crippen LogP contribution is -2.24. The van der Waals surface area contributed by atoms with E-state index in [1.54, 1.807) is 61.6 Å². The van der Waals surface area contributed by atoms with Gasteiger partial charge in [-0.05, 0) is 54.4 Å². The second-order valence-electron chi connectivity index (χ2n) is 6.01. The Hall–Kier alpha value is -3.35. The third-order valence-corrected chi connectivity index (χ3v) is 4.30. The Morgan fingerprint density at radius 3 is 2.48 bits per heavy atom. The lowest BCUT2D eigenvalue weighted by molar-refractivity contribution is -0.117. The quantitative estimate of drug-likeness (QED) is 0.629. The largest absolute Gasteiger partial charge is 0.493 e. The molecule has 1 fully saturated rings. The van der Waals surface area contributed by atoms with Gasteiger partial charge in [0, 0.05) is 24.2 Å². The number of hydrogen-bond donors (Lipinski definition) is 1. The van der Waals surface area contributed by atoms with Crippen LogP contribution in [0.4, 0.5) is 5.69 Å². The minimum atomic E-state index is -0.328. The van der Waals surface area contributed by atoms with Crippen molar-refractivity contribution in [2.24, 2.45) is 5.10 Å². The SMILES string of the molecule is COc1ccc(C=NNC(=O)c2ccc(N3CCCC3=O)cc2)cc1OC. The molecule has 0 radical (unpaired) electrons. The van der Waals surface area contributed by atoms with Crippen molar-refractivity contribution >= 4 is 23.7 Å². The summed E-state index contributed by atoms with van der Waals surface area (Å²) in [6.45, 7) is 0.722.